The molecule has 0 saturated carbocycles. The van der Waals surface area contributed by atoms with Crippen LogP contribution in [0.25, 0.3) is 11.4 Å². The van der Waals surface area contributed by atoms with Gasteiger partial charge in [0.2, 0.25) is 0 Å². The maximum atomic E-state index is 4.64. The Morgan fingerprint density at radius 3 is 2.44 bits per heavy atom. The van der Waals surface area contributed by atoms with E-state index < -0.39 is 0 Å². The average Bonchev–Trinajstić information content (AvgIpc) is 2.73. The number of hydrogen-bond acceptors (Lipinski definition) is 4. The fraction of sp³-hybridized carbons (Fsp3) is 0.462. The van der Waals surface area contributed by atoms with E-state index in [2.05, 4.69) is 41.2 Å². The average molecular weight is 245 g/mol. The van der Waals surface area contributed by atoms with Crippen molar-refractivity contribution in [3.63, 3.8) is 0 Å². The summed E-state index contributed by atoms with van der Waals surface area (Å²) >= 11 is 0. The van der Waals surface area contributed by atoms with Crippen molar-refractivity contribution in [1.29, 1.82) is 0 Å². The van der Waals surface area contributed by atoms with E-state index in [1.807, 2.05) is 30.9 Å². The first-order valence-electron chi connectivity index (χ1n) is 5.97. The molecule has 0 aliphatic rings. The van der Waals surface area contributed by atoms with Crippen LogP contribution in [0.3, 0.4) is 0 Å². The summed E-state index contributed by atoms with van der Waals surface area (Å²) in [6.45, 7) is 6.32. The summed E-state index contributed by atoms with van der Waals surface area (Å²) in [5.74, 6) is 1.65. The fourth-order valence-electron chi connectivity index (χ4n) is 1.67. The van der Waals surface area contributed by atoms with Crippen LogP contribution in [-0.2, 0) is 12.5 Å². The minimum atomic E-state index is -0.0831. The summed E-state index contributed by atoms with van der Waals surface area (Å²) in [5, 5.41) is 7.26. The van der Waals surface area contributed by atoms with Crippen molar-refractivity contribution in [2.24, 2.45) is 7.05 Å². The summed E-state index contributed by atoms with van der Waals surface area (Å²) < 4.78 is 1.81. The Morgan fingerprint density at radius 1 is 1.22 bits per heavy atom. The first kappa shape index (κ1) is 12.5. The topological polar surface area (TPSA) is 55.6 Å². The molecule has 0 atom stereocenters. The summed E-state index contributed by atoms with van der Waals surface area (Å²) in [6.07, 6.45) is 1.77. The highest BCUT2D eigenvalue weighted by molar-refractivity contribution is 5.58. The summed E-state index contributed by atoms with van der Waals surface area (Å²) in [5.41, 5.74) is 1.79. The van der Waals surface area contributed by atoms with Crippen molar-refractivity contribution in [2.45, 2.75) is 26.2 Å². The van der Waals surface area contributed by atoms with Crippen molar-refractivity contribution in [2.75, 3.05) is 12.4 Å². The van der Waals surface area contributed by atoms with Gasteiger partial charge in [0.05, 0.1) is 11.4 Å². The van der Waals surface area contributed by atoms with Crippen LogP contribution in [0.15, 0.2) is 18.3 Å². The molecule has 0 saturated heterocycles. The number of nitrogens with zero attached hydrogens (tertiary/aromatic N) is 4. The van der Waals surface area contributed by atoms with Crippen molar-refractivity contribution in [1.82, 2.24) is 19.7 Å². The molecular formula is C13H19N5. The van der Waals surface area contributed by atoms with Crippen LogP contribution in [0.5, 0.6) is 0 Å². The van der Waals surface area contributed by atoms with Gasteiger partial charge in [-0.25, -0.2) is 9.97 Å². The minimum Gasteiger partial charge on any atom is -0.373 e. The molecule has 0 aliphatic heterocycles. The van der Waals surface area contributed by atoms with Gasteiger partial charge in [0.1, 0.15) is 11.6 Å². The molecule has 0 unspecified atom stereocenters. The molecule has 0 spiro atoms. The Labute approximate surface area is 107 Å². The molecule has 2 aromatic heterocycles. The van der Waals surface area contributed by atoms with Gasteiger partial charge in [-0.1, -0.05) is 20.8 Å². The van der Waals surface area contributed by atoms with E-state index >= 15 is 0 Å². The van der Waals surface area contributed by atoms with E-state index in [-0.39, 0.29) is 5.41 Å². The van der Waals surface area contributed by atoms with Gasteiger partial charge in [0.15, 0.2) is 0 Å². The van der Waals surface area contributed by atoms with Gasteiger partial charge in [-0.3, -0.25) is 4.68 Å². The first-order valence-corrected chi connectivity index (χ1v) is 5.97. The number of aromatic nitrogens is 4. The van der Waals surface area contributed by atoms with Crippen molar-refractivity contribution in [3.05, 3.63) is 24.2 Å². The second-order valence-corrected chi connectivity index (χ2v) is 5.30. The molecule has 5 heteroatoms. The van der Waals surface area contributed by atoms with Crippen LogP contribution in [0, 0.1) is 0 Å². The molecule has 0 fully saturated rings. The Hall–Kier alpha value is -1.91. The Kier molecular flexibility index (Phi) is 3.07. The van der Waals surface area contributed by atoms with Crippen LogP contribution in [0.4, 0.5) is 5.82 Å². The molecule has 0 bridgehead atoms. The molecule has 0 radical (unpaired) electrons. The lowest BCUT2D eigenvalue weighted by molar-refractivity contribution is 0.546. The van der Waals surface area contributed by atoms with E-state index in [9.17, 15) is 0 Å². The van der Waals surface area contributed by atoms with Crippen LogP contribution in [-0.4, -0.2) is 26.8 Å². The maximum absolute atomic E-state index is 4.64. The van der Waals surface area contributed by atoms with E-state index in [4.69, 9.17) is 0 Å². The van der Waals surface area contributed by atoms with E-state index in [0.29, 0.717) is 0 Å². The van der Waals surface area contributed by atoms with E-state index in [1.165, 1.54) is 0 Å². The normalized spacial score (nSPS) is 11.6. The van der Waals surface area contributed by atoms with Gasteiger partial charge in [-0.2, -0.15) is 5.10 Å². The van der Waals surface area contributed by atoms with Gasteiger partial charge in [0, 0.05) is 31.8 Å². The molecule has 2 aromatic rings. The Bertz CT molecular complexity index is 551. The van der Waals surface area contributed by atoms with E-state index in [0.717, 1.165) is 23.0 Å². The lowest BCUT2D eigenvalue weighted by Gasteiger charge is -2.18. The molecule has 2 rings (SSSR count). The standard InChI is InChI=1S/C13H19N5/c1-13(2,3)12-16-9(8-11(14-4)17-12)10-6-7-15-18(10)5/h6-8H,1-5H3,(H,14,16,17). The monoisotopic (exact) mass is 245 g/mol. The van der Waals surface area contributed by atoms with Gasteiger partial charge in [0.25, 0.3) is 0 Å². The zero-order valence-electron chi connectivity index (χ0n) is 11.5. The third-order valence-electron chi connectivity index (χ3n) is 2.74. The quantitative estimate of drug-likeness (QED) is 0.881. The second-order valence-electron chi connectivity index (χ2n) is 5.30. The molecule has 1 N–H and O–H groups in total. The van der Waals surface area contributed by atoms with Crippen molar-refractivity contribution >= 4 is 5.82 Å². The zero-order chi connectivity index (χ0) is 13.3. The number of anilines is 1. The highest BCUT2D eigenvalue weighted by Gasteiger charge is 2.20. The number of nitrogens with one attached hydrogen (secondary N) is 1. The molecule has 5 nitrogen and oxygen atoms in total. The molecule has 2 heterocycles. The predicted octanol–water partition coefficient (Wildman–Crippen LogP) is 2.22. The Morgan fingerprint density at radius 2 is 1.94 bits per heavy atom. The number of hydrogen-bond donors (Lipinski definition) is 1. The van der Waals surface area contributed by atoms with Crippen LogP contribution in [0.2, 0.25) is 0 Å². The lowest BCUT2D eigenvalue weighted by atomic mass is 9.95. The largest absolute Gasteiger partial charge is 0.373 e. The fourth-order valence-corrected chi connectivity index (χ4v) is 1.67. The Balaban J connectivity index is 2.58. The SMILES string of the molecule is CNc1cc(-c2ccnn2C)nc(C(C)(C)C)n1. The van der Waals surface area contributed by atoms with Gasteiger partial charge >= 0.3 is 0 Å². The molecule has 0 amide bonds. The third kappa shape index (κ3) is 2.34. The van der Waals surface area contributed by atoms with Crippen LogP contribution >= 0.6 is 0 Å². The molecule has 96 valence electrons. The smallest absolute Gasteiger partial charge is 0.136 e. The van der Waals surface area contributed by atoms with Crippen molar-refractivity contribution in [3.8, 4) is 11.4 Å². The van der Waals surface area contributed by atoms with Crippen LogP contribution < -0.4 is 5.32 Å². The molecule has 18 heavy (non-hydrogen) atoms. The highest BCUT2D eigenvalue weighted by atomic mass is 15.3. The lowest BCUT2D eigenvalue weighted by Crippen LogP contribution is -2.17. The number of aryl methyl sites for hydroxylation is 1. The van der Waals surface area contributed by atoms with Crippen LogP contribution in [0.1, 0.15) is 26.6 Å². The van der Waals surface area contributed by atoms with Crippen molar-refractivity contribution < 1.29 is 0 Å². The molecule has 0 aliphatic carbocycles. The highest BCUT2D eigenvalue weighted by Crippen LogP contribution is 2.24. The molecule has 0 aromatic carbocycles. The first-order chi connectivity index (χ1) is 8.41. The summed E-state index contributed by atoms with van der Waals surface area (Å²) in [4.78, 5) is 9.15. The third-order valence-corrected chi connectivity index (χ3v) is 2.74. The second kappa shape index (κ2) is 4.40. The zero-order valence-corrected chi connectivity index (χ0v) is 11.5. The van der Waals surface area contributed by atoms with Gasteiger partial charge < -0.3 is 5.32 Å². The van der Waals surface area contributed by atoms with Gasteiger partial charge in [-0.05, 0) is 6.07 Å². The number of rotatable bonds is 2. The molecular weight excluding hydrogens is 226 g/mol. The summed E-state index contributed by atoms with van der Waals surface area (Å²) in [7, 11) is 3.77. The maximum Gasteiger partial charge on any atom is 0.136 e. The van der Waals surface area contributed by atoms with E-state index in [1.54, 1.807) is 6.20 Å². The summed E-state index contributed by atoms with van der Waals surface area (Å²) in [6, 6.07) is 3.89. The predicted molar refractivity (Wildman–Crippen MR) is 72.5 cm³/mol. The minimum absolute atomic E-state index is 0.0831. The van der Waals surface area contributed by atoms with Gasteiger partial charge in [-0.15, -0.1) is 0 Å².